The molecule has 3 atom stereocenters. The molecule has 6 rings (SSSR count). The van der Waals surface area contributed by atoms with Crippen molar-refractivity contribution in [2.24, 2.45) is 5.92 Å². The zero-order chi connectivity index (χ0) is 34.3. The summed E-state index contributed by atoms with van der Waals surface area (Å²) in [7, 11) is 4.39. The topological polar surface area (TPSA) is 152 Å². The fourth-order valence-corrected chi connectivity index (χ4v) is 7.07. The first-order valence-electron chi connectivity index (χ1n) is 15.2. The van der Waals surface area contributed by atoms with E-state index in [0.717, 1.165) is 5.75 Å². The Hall–Kier alpha value is -4.49. The number of hydrogen-bond donors (Lipinski definition) is 1. The Morgan fingerprint density at radius 2 is 1.81 bits per heavy atom. The van der Waals surface area contributed by atoms with Gasteiger partial charge in [-0.15, -0.1) is 0 Å². The van der Waals surface area contributed by atoms with Gasteiger partial charge in [0, 0.05) is 29.5 Å². The normalized spacial score (nSPS) is 18.7. The SMILES string of the molecule is COc1ccc(-c2oc3c(c2CC(=O)NC(CCSC)c2nc(C)no2)C(=O)C2(Oc4c(Cl)c(OC)cc(OC)c4C2=O)C(C)C3)cc1. The number of Topliss-reactive ketones (excluding diaryl/α,β-unsaturated/α-hetero) is 2. The summed E-state index contributed by atoms with van der Waals surface area (Å²) in [6.45, 7) is 3.44. The molecule has 0 fully saturated rings. The number of hydrogen-bond acceptors (Lipinski definition) is 12. The van der Waals surface area contributed by atoms with Crippen molar-refractivity contribution < 1.29 is 42.3 Å². The zero-order valence-electron chi connectivity index (χ0n) is 27.2. The van der Waals surface area contributed by atoms with Gasteiger partial charge in [-0.25, -0.2) is 0 Å². The first-order valence-corrected chi connectivity index (χ1v) is 17.0. The van der Waals surface area contributed by atoms with Gasteiger partial charge >= 0.3 is 0 Å². The molecule has 14 heteroatoms. The maximum absolute atomic E-state index is 14.8. The van der Waals surface area contributed by atoms with Gasteiger partial charge in [0.15, 0.2) is 11.6 Å². The van der Waals surface area contributed by atoms with Gasteiger partial charge in [0.05, 0.1) is 33.3 Å². The summed E-state index contributed by atoms with van der Waals surface area (Å²) in [6.07, 6.45) is 2.41. The zero-order valence-corrected chi connectivity index (χ0v) is 28.8. The highest BCUT2D eigenvalue weighted by atomic mass is 35.5. The lowest BCUT2D eigenvalue weighted by molar-refractivity contribution is -0.121. The number of carbonyl (C=O) groups excluding carboxylic acids is 3. The Morgan fingerprint density at radius 1 is 1.10 bits per heavy atom. The molecule has 12 nitrogen and oxygen atoms in total. The van der Waals surface area contributed by atoms with E-state index in [9.17, 15) is 14.4 Å². The van der Waals surface area contributed by atoms with Gasteiger partial charge in [-0.3, -0.25) is 14.4 Å². The van der Waals surface area contributed by atoms with Crippen LogP contribution in [-0.2, 0) is 17.6 Å². The Morgan fingerprint density at radius 3 is 2.44 bits per heavy atom. The second kappa shape index (κ2) is 13.2. The summed E-state index contributed by atoms with van der Waals surface area (Å²) in [5.41, 5.74) is -0.876. The monoisotopic (exact) mass is 695 g/mol. The molecule has 2 aliphatic rings. The van der Waals surface area contributed by atoms with Gasteiger partial charge < -0.3 is 33.2 Å². The number of ether oxygens (including phenoxy) is 4. The Bertz CT molecular complexity index is 1900. The molecule has 1 aliphatic carbocycles. The molecular formula is C34H34ClN3O9S. The lowest BCUT2D eigenvalue weighted by Crippen LogP contribution is -2.56. The van der Waals surface area contributed by atoms with Crippen LogP contribution in [0.25, 0.3) is 11.3 Å². The standard InChI is InChI=1S/C34H34ClN3O9S/c1-16-13-23-26(31(40)34(16)32(41)27-22(43-4)15-24(44-5)28(35)30(27)46-34)20(29(45-23)18-7-9-19(42-3)10-8-18)14-25(39)37-21(11-12-48-6)33-36-17(2)38-47-33/h7-10,15-16,21H,11-14H2,1-6H3,(H,37,39). The Kier molecular flexibility index (Phi) is 9.18. The number of amides is 1. The summed E-state index contributed by atoms with van der Waals surface area (Å²) in [4.78, 5) is 47.3. The number of benzene rings is 2. The molecule has 1 N–H and O–H groups in total. The first-order chi connectivity index (χ1) is 23.1. The number of aromatic nitrogens is 2. The lowest BCUT2D eigenvalue weighted by Gasteiger charge is -2.35. The minimum absolute atomic E-state index is 0.00571. The summed E-state index contributed by atoms with van der Waals surface area (Å²) in [5.74, 6) is 0.838. The van der Waals surface area contributed by atoms with E-state index < -0.39 is 35.0 Å². The maximum Gasteiger partial charge on any atom is 0.249 e. The number of carbonyl (C=O) groups is 3. The van der Waals surface area contributed by atoms with Gasteiger partial charge in [-0.2, -0.15) is 16.7 Å². The number of ketones is 2. The van der Waals surface area contributed by atoms with Crippen molar-refractivity contribution in [3.63, 3.8) is 0 Å². The van der Waals surface area contributed by atoms with Crippen molar-refractivity contribution in [3.05, 3.63) is 69.5 Å². The number of nitrogens with zero attached hydrogens (tertiary/aromatic N) is 2. The molecule has 0 bridgehead atoms. The molecule has 3 unspecified atom stereocenters. The predicted molar refractivity (Wildman–Crippen MR) is 177 cm³/mol. The van der Waals surface area contributed by atoms with Gasteiger partial charge in [-0.05, 0) is 49.6 Å². The van der Waals surface area contributed by atoms with E-state index in [1.54, 1.807) is 57.0 Å². The maximum atomic E-state index is 14.8. The van der Waals surface area contributed by atoms with Crippen molar-refractivity contribution in [1.82, 2.24) is 15.5 Å². The quantitative estimate of drug-likeness (QED) is 0.187. The average molecular weight is 696 g/mol. The Balaban J connectivity index is 1.44. The van der Waals surface area contributed by atoms with Crippen LogP contribution in [0.2, 0.25) is 5.02 Å². The van der Waals surface area contributed by atoms with Crippen LogP contribution in [0.5, 0.6) is 23.0 Å². The molecule has 3 heterocycles. The summed E-state index contributed by atoms with van der Waals surface area (Å²) in [5, 5.41) is 6.92. The first kappa shape index (κ1) is 33.4. The smallest absolute Gasteiger partial charge is 0.249 e. The molecule has 0 saturated carbocycles. The molecule has 48 heavy (non-hydrogen) atoms. The van der Waals surface area contributed by atoms with E-state index >= 15 is 0 Å². The van der Waals surface area contributed by atoms with Crippen LogP contribution in [0.15, 0.2) is 39.3 Å². The van der Waals surface area contributed by atoms with Crippen LogP contribution in [0, 0.1) is 12.8 Å². The minimum atomic E-state index is -1.98. The van der Waals surface area contributed by atoms with Crippen molar-refractivity contribution >= 4 is 40.8 Å². The van der Waals surface area contributed by atoms with Crippen LogP contribution >= 0.6 is 23.4 Å². The number of fused-ring (bicyclic) bond motifs is 2. The molecule has 0 radical (unpaired) electrons. The van der Waals surface area contributed by atoms with Gasteiger partial charge in [0.25, 0.3) is 0 Å². The number of aryl methyl sites for hydroxylation is 1. The van der Waals surface area contributed by atoms with E-state index in [4.69, 9.17) is 39.5 Å². The summed E-state index contributed by atoms with van der Waals surface area (Å²) >= 11 is 8.24. The van der Waals surface area contributed by atoms with Gasteiger partial charge in [0.2, 0.25) is 29.0 Å². The highest BCUT2D eigenvalue weighted by Gasteiger charge is 2.63. The summed E-state index contributed by atoms with van der Waals surface area (Å²) < 4.78 is 34.3. The number of nitrogens with one attached hydrogen (secondary N) is 1. The summed E-state index contributed by atoms with van der Waals surface area (Å²) in [6, 6.07) is 8.00. The van der Waals surface area contributed by atoms with Crippen molar-refractivity contribution in [3.8, 4) is 34.3 Å². The average Bonchev–Trinajstić information content (AvgIpc) is 3.77. The fourth-order valence-electron chi connectivity index (χ4n) is 6.33. The second-order valence-corrected chi connectivity index (χ2v) is 13.0. The van der Waals surface area contributed by atoms with Gasteiger partial charge in [-0.1, -0.05) is 23.7 Å². The van der Waals surface area contributed by atoms with Crippen molar-refractivity contribution in [2.45, 2.75) is 44.8 Å². The van der Waals surface area contributed by atoms with E-state index in [1.165, 1.54) is 20.3 Å². The molecule has 1 amide bonds. The predicted octanol–water partition coefficient (Wildman–Crippen LogP) is 5.86. The van der Waals surface area contributed by atoms with E-state index in [1.807, 2.05) is 6.26 Å². The highest BCUT2D eigenvalue weighted by Crippen LogP contribution is 2.54. The van der Waals surface area contributed by atoms with E-state index in [2.05, 4.69) is 15.5 Å². The largest absolute Gasteiger partial charge is 0.497 e. The number of methoxy groups -OCH3 is 3. The van der Waals surface area contributed by atoms with Crippen molar-refractivity contribution in [1.29, 1.82) is 0 Å². The highest BCUT2D eigenvalue weighted by molar-refractivity contribution is 7.98. The van der Waals surface area contributed by atoms with Crippen LogP contribution in [-0.4, -0.2) is 66.6 Å². The number of thioether (sulfide) groups is 1. The molecular weight excluding hydrogens is 662 g/mol. The van der Waals surface area contributed by atoms with E-state index in [0.29, 0.717) is 40.6 Å². The Labute approximate surface area is 285 Å². The molecule has 4 aromatic rings. The third-order valence-corrected chi connectivity index (χ3v) is 9.73. The van der Waals surface area contributed by atoms with Crippen molar-refractivity contribution in [2.75, 3.05) is 33.3 Å². The third kappa shape index (κ3) is 5.48. The molecule has 2 aromatic carbocycles. The van der Waals surface area contributed by atoms with Gasteiger partial charge in [0.1, 0.15) is 45.4 Å². The number of rotatable bonds is 11. The molecule has 0 saturated heterocycles. The second-order valence-electron chi connectivity index (χ2n) is 11.6. The van der Waals surface area contributed by atoms with Crippen LogP contribution in [0.4, 0.5) is 0 Å². The molecule has 2 aromatic heterocycles. The molecule has 1 aliphatic heterocycles. The van der Waals surface area contributed by atoms with E-state index in [-0.39, 0.29) is 52.1 Å². The van der Waals surface area contributed by atoms with Crippen LogP contribution < -0.4 is 24.3 Å². The number of halogens is 1. The lowest BCUT2D eigenvalue weighted by atomic mass is 9.70. The minimum Gasteiger partial charge on any atom is -0.497 e. The van der Waals surface area contributed by atoms with Crippen LogP contribution in [0.1, 0.15) is 63.1 Å². The third-order valence-electron chi connectivity index (χ3n) is 8.73. The molecule has 1 spiro atoms. The fraction of sp³-hybridized carbons (Fsp3) is 0.382. The molecule has 252 valence electrons. The van der Waals surface area contributed by atoms with Crippen LogP contribution in [0.3, 0.4) is 0 Å². The number of furan rings is 1.